The van der Waals surface area contributed by atoms with Crippen LogP contribution in [-0.2, 0) is 27.8 Å². The van der Waals surface area contributed by atoms with Gasteiger partial charge in [-0.3, -0.25) is 4.90 Å². The summed E-state index contributed by atoms with van der Waals surface area (Å²) >= 11 is 5.81. The molecule has 2 aromatic rings. The molecule has 25 heavy (non-hydrogen) atoms. The van der Waals surface area contributed by atoms with E-state index in [0.717, 1.165) is 38.4 Å². The summed E-state index contributed by atoms with van der Waals surface area (Å²) in [5, 5.41) is 0.509. The van der Waals surface area contributed by atoms with E-state index in [9.17, 15) is 8.42 Å². The molecule has 1 aliphatic rings. The van der Waals surface area contributed by atoms with Crippen LogP contribution in [0.15, 0.2) is 53.4 Å². The Morgan fingerprint density at radius 3 is 2.44 bits per heavy atom. The maximum Gasteiger partial charge on any atom is 0.240 e. The fourth-order valence-electron chi connectivity index (χ4n) is 2.73. The highest BCUT2D eigenvalue weighted by Gasteiger charge is 2.14. The molecule has 0 saturated carbocycles. The van der Waals surface area contributed by atoms with Crippen molar-refractivity contribution in [3.63, 3.8) is 0 Å². The van der Waals surface area contributed by atoms with E-state index < -0.39 is 10.0 Å². The average Bonchev–Trinajstić information content (AvgIpc) is 2.62. The van der Waals surface area contributed by atoms with Gasteiger partial charge in [0.2, 0.25) is 10.0 Å². The molecular weight excluding hydrogens is 360 g/mol. The predicted octanol–water partition coefficient (Wildman–Crippen LogP) is 2.65. The number of benzene rings is 2. The standard InChI is InChI=1S/C18H21ClN2O3S/c19-17-4-6-18(7-5-17)25(22,23)20-13-15-2-1-3-16(12-15)14-21-8-10-24-11-9-21/h1-7,12,20H,8-11,13-14H2. The van der Waals surface area contributed by atoms with Crippen LogP contribution in [-0.4, -0.2) is 39.6 Å². The Balaban J connectivity index is 1.62. The van der Waals surface area contributed by atoms with E-state index in [4.69, 9.17) is 16.3 Å². The molecule has 2 aromatic carbocycles. The fraction of sp³-hybridized carbons (Fsp3) is 0.333. The second kappa shape index (κ2) is 8.29. The Labute approximate surface area is 153 Å². The van der Waals surface area contributed by atoms with Gasteiger partial charge in [-0.1, -0.05) is 35.9 Å². The number of nitrogens with zero attached hydrogens (tertiary/aromatic N) is 1. The molecule has 0 bridgehead atoms. The maximum atomic E-state index is 12.3. The van der Waals surface area contributed by atoms with Crippen LogP contribution in [0.2, 0.25) is 5.02 Å². The van der Waals surface area contributed by atoms with Crippen molar-refractivity contribution in [2.45, 2.75) is 18.0 Å². The van der Waals surface area contributed by atoms with Crippen LogP contribution in [0, 0.1) is 0 Å². The minimum Gasteiger partial charge on any atom is -0.379 e. The van der Waals surface area contributed by atoms with Crippen LogP contribution in [0.25, 0.3) is 0 Å². The Kier molecular flexibility index (Phi) is 6.09. The molecule has 1 heterocycles. The number of ether oxygens (including phenoxy) is 1. The monoisotopic (exact) mass is 380 g/mol. The molecule has 7 heteroatoms. The summed E-state index contributed by atoms with van der Waals surface area (Å²) < 4.78 is 32.7. The summed E-state index contributed by atoms with van der Waals surface area (Å²) in [5.41, 5.74) is 2.10. The van der Waals surface area contributed by atoms with Gasteiger partial charge in [-0.2, -0.15) is 0 Å². The number of sulfonamides is 1. The highest BCUT2D eigenvalue weighted by molar-refractivity contribution is 7.89. The summed E-state index contributed by atoms with van der Waals surface area (Å²) in [6, 6.07) is 14.1. The molecule has 1 fully saturated rings. The zero-order valence-corrected chi connectivity index (χ0v) is 15.4. The van der Waals surface area contributed by atoms with Gasteiger partial charge in [-0.15, -0.1) is 0 Å². The molecule has 0 amide bonds. The first-order valence-electron chi connectivity index (χ1n) is 8.16. The Bertz CT molecular complexity index is 803. The van der Waals surface area contributed by atoms with Crippen molar-refractivity contribution in [1.29, 1.82) is 0 Å². The van der Waals surface area contributed by atoms with Crippen LogP contribution in [0.4, 0.5) is 0 Å². The highest BCUT2D eigenvalue weighted by atomic mass is 35.5. The Morgan fingerprint density at radius 1 is 1.04 bits per heavy atom. The number of nitrogens with one attached hydrogen (secondary N) is 1. The normalized spacial score (nSPS) is 16.0. The summed E-state index contributed by atoms with van der Waals surface area (Å²) in [5.74, 6) is 0. The van der Waals surface area contributed by atoms with Crippen LogP contribution in [0.5, 0.6) is 0 Å². The number of hydrogen-bond donors (Lipinski definition) is 1. The average molecular weight is 381 g/mol. The number of hydrogen-bond acceptors (Lipinski definition) is 4. The summed E-state index contributed by atoms with van der Waals surface area (Å²) in [4.78, 5) is 2.54. The first kappa shape index (κ1) is 18.4. The van der Waals surface area contributed by atoms with Crippen molar-refractivity contribution >= 4 is 21.6 Å². The van der Waals surface area contributed by atoms with Gasteiger partial charge < -0.3 is 4.74 Å². The highest BCUT2D eigenvalue weighted by Crippen LogP contribution is 2.15. The van der Waals surface area contributed by atoms with Crippen molar-refractivity contribution in [3.05, 3.63) is 64.7 Å². The van der Waals surface area contributed by atoms with Gasteiger partial charge in [-0.25, -0.2) is 13.1 Å². The van der Waals surface area contributed by atoms with Gasteiger partial charge in [-0.05, 0) is 35.4 Å². The van der Waals surface area contributed by atoms with Gasteiger partial charge >= 0.3 is 0 Å². The van der Waals surface area contributed by atoms with E-state index in [1.165, 1.54) is 17.7 Å². The maximum absolute atomic E-state index is 12.3. The molecule has 1 saturated heterocycles. The van der Waals surface area contributed by atoms with Gasteiger partial charge in [0.05, 0.1) is 18.1 Å². The minimum atomic E-state index is -3.55. The number of rotatable bonds is 6. The SMILES string of the molecule is O=S(=O)(NCc1cccc(CN2CCOCC2)c1)c1ccc(Cl)cc1. The summed E-state index contributed by atoms with van der Waals surface area (Å²) in [6.45, 7) is 4.48. The van der Waals surface area contributed by atoms with Crippen molar-refractivity contribution in [1.82, 2.24) is 9.62 Å². The number of halogens is 1. The first-order valence-corrected chi connectivity index (χ1v) is 10.0. The van der Waals surface area contributed by atoms with Crippen molar-refractivity contribution in [3.8, 4) is 0 Å². The van der Waals surface area contributed by atoms with Crippen molar-refractivity contribution < 1.29 is 13.2 Å². The van der Waals surface area contributed by atoms with E-state index in [2.05, 4.69) is 15.7 Å². The van der Waals surface area contributed by atoms with Crippen LogP contribution >= 0.6 is 11.6 Å². The van der Waals surface area contributed by atoms with Crippen LogP contribution in [0.3, 0.4) is 0 Å². The van der Waals surface area contributed by atoms with Crippen molar-refractivity contribution in [2.24, 2.45) is 0 Å². The molecule has 3 rings (SSSR count). The van der Waals surface area contributed by atoms with Gasteiger partial charge in [0.25, 0.3) is 0 Å². The first-order chi connectivity index (χ1) is 12.0. The number of morpholine rings is 1. The van der Waals surface area contributed by atoms with Crippen LogP contribution in [0.1, 0.15) is 11.1 Å². The van der Waals surface area contributed by atoms with E-state index >= 15 is 0 Å². The third-order valence-corrected chi connectivity index (χ3v) is 5.76. The molecule has 0 radical (unpaired) electrons. The molecule has 0 aromatic heterocycles. The van der Waals surface area contributed by atoms with E-state index in [1.54, 1.807) is 12.1 Å². The molecule has 134 valence electrons. The molecule has 1 N–H and O–H groups in total. The third kappa shape index (κ3) is 5.26. The molecule has 0 aliphatic carbocycles. The molecule has 5 nitrogen and oxygen atoms in total. The zero-order valence-electron chi connectivity index (χ0n) is 13.8. The Morgan fingerprint density at radius 2 is 1.72 bits per heavy atom. The second-order valence-electron chi connectivity index (χ2n) is 5.99. The van der Waals surface area contributed by atoms with E-state index in [1.807, 2.05) is 18.2 Å². The summed E-state index contributed by atoms with van der Waals surface area (Å²) in [6.07, 6.45) is 0. The molecular formula is C18H21ClN2O3S. The van der Waals surface area contributed by atoms with E-state index in [-0.39, 0.29) is 11.4 Å². The van der Waals surface area contributed by atoms with Gasteiger partial charge in [0, 0.05) is 31.2 Å². The topological polar surface area (TPSA) is 58.6 Å². The second-order valence-corrected chi connectivity index (χ2v) is 8.19. The minimum absolute atomic E-state index is 0.210. The fourth-order valence-corrected chi connectivity index (χ4v) is 3.87. The lowest BCUT2D eigenvalue weighted by atomic mass is 10.1. The molecule has 0 spiro atoms. The third-order valence-electron chi connectivity index (χ3n) is 4.09. The van der Waals surface area contributed by atoms with Crippen molar-refractivity contribution in [2.75, 3.05) is 26.3 Å². The lowest BCUT2D eigenvalue weighted by Gasteiger charge is -2.26. The predicted molar refractivity (Wildman–Crippen MR) is 98.0 cm³/mol. The van der Waals surface area contributed by atoms with Crippen LogP contribution < -0.4 is 4.72 Å². The largest absolute Gasteiger partial charge is 0.379 e. The van der Waals surface area contributed by atoms with E-state index in [0.29, 0.717) is 5.02 Å². The quantitative estimate of drug-likeness (QED) is 0.837. The molecule has 1 aliphatic heterocycles. The molecule has 0 atom stereocenters. The summed E-state index contributed by atoms with van der Waals surface area (Å²) in [7, 11) is -3.55. The lowest BCUT2D eigenvalue weighted by molar-refractivity contribution is 0.0342. The Hall–Kier alpha value is -1.44. The smallest absolute Gasteiger partial charge is 0.240 e. The van der Waals surface area contributed by atoms with Gasteiger partial charge in [0.1, 0.15) is 0 Å². The molecule has 0 unspecified atom stereocenters. The lowest BCUT2D eigenvalue weighted by Crippen LogP contribution is -2.35. The zero-order chi connectivity index (χ0) is 17.7. The van der Waals surface area contributed by atoms with Gasteiger partial charge in [0.15, 0.2) is 0 Å².